The third-order valence-corrected chi connectivity index (χ3v) is 5.75. The van der Waals surface area contributed by atoms with Gasteiger partial charge in [-0.1, -0.05) is 17.7 Å². The van der Waals surface area contributed by atoms with Gasteiger partial charge in [-0.05, 0) is 50.1 Å². The lowest BCUT2D eigenvalue weighted by Crippen LogP contribution is -2.16. The van der Waals surface area contributed by atoms with Crippen LogP contribution in [-0.4, -0.2) is 20.4 Å². The van der Waals surface area contributed by atoms with Gasteiger partial charge in [-0.25, -0.2) is 13.4 Å². The minimum absolute atomic E-state index is 0.0336. The molecule has 0 aliphatic carbocycles. The molecular formula is C12H10Br2ClN3O2S. The van der Waals surface area contributed by atoms with Crippen LogP contribution in [0.3, 0.4) is 0 Å². The first-order chi connectivity index (χ1) is 9.85. The molecule has 112 valence electrons. The number of benzene rings is 1. The van der Waals surface area contributed by atoms with E-state index in [2.05, 4.69) is 46.9 Å². The van der Waals surface area contributed by atoms with Crippen LogP contribution in [0, 0.1) is 0 Å². The van der Waals surface area contributed by atoms with Gasteiger partial charge in [0, 0.05) is 17.7 Å². The Labute approximate surface area is 144 Å². The molecule has 1 heterocycles. The fourth-order valence-corrected chi connectivity index (χ4v) is 4.01. The van der Waals surface area contributed by atoms with Crippen LogP contribution in [-0.2, 0) is 10.0 Å². The van der Waals surface area contributed by atoms with Gasteiger partial charge in [0.25, 0.3) is 10.0 Å². The fraction of sp³-hybridized carbons (Fsp3) is 0.0833. The molecule has 0 spiro atoms. The van der Waals surface area contributed by atoms with Crippen molar-refractivity contribution in [2.75, 3.05) is 17.1 Å². The van der Waals surface area contributed by atoms with Crippen molar-refractivity contribution < 1.29 is 8.42 Å². The maximum Gasteiger partial charge on any atom is 0.265 e. The predicted octanol–water partition coefficient (Wildman–Crippen LogP) is 4.10. The third kappa shape index (κ3) is 3.68. The number of nitrogens with zero attached hydrogens (tertiary/aromatic N) is 1. The van der Waals surface area contributed by atoms with E-state index < -0.39 is 10.0 Å². The average Bonchev–Trinajstić information content (AvgIpc) is 2.44. The molecule has 1 aromatic heterocycles. The lowest BCUT2D eigenvalue weighted by molar-refractivity contribution is 0.601. The number of anilines is 2. The molecule has 2 N–H and O–H groups in total. The Morgan fingerprint density at radius 1 is 1.29 bits per heavy atom. The highest BCUT2D eigenvalue weighted by atomic mass is 79.9. The van der Waals surface area contributed by atoms with Crippen molar-refractivity contribution in [3.8, 4) is 0 Å². The van der Waals surface area contributed by atoms with Crippen LogP contribution in [0.2, 0.25) is 5.02 Å². The van der Waals surface area contributed by atoms with E-state index in [1.54, 1.807) is 25.2 Å². The van der Waals surface area contributed by atoms with E-state index in [9.17, 15) is 8.42 Å². The molecule has 0 amide bonds. The molecule has 0 aliphatic rings. The van der Waals surface area contributed by atoms with Crippen molar-refractivity contribution in [1.82, 2.24) is 4.98 Å². The molecule has 0 saturated heterocycles. The Bertz CT molecular complexity index is 784. The number of aromatic nitrogens is 1. The van der Waals surface area contributed by atoms with Crippen LogP contribution in [0.5, 0.6) is 0 Å². The van der Waals surface area contributed by atoms with Gasteiger partial charge in [-0.2, -0.15) is 0 Å². The van der Waals surface area contributed by atoms with E-state index >= 15 is 0 Å². The van der Waals surface area contributed by atoms with Crippen molar-refractivity contribution in [2.24, 2.45) is 0 Å². The minimum atomic E-state index is -3.81. The molecule has 0 bridgehead atoms. The standard InChI is InChI=1S/C12H10Br2ClN3O2S/c1-16-12-10(5-7(13)6-17-12)21(19,20)18-9-4-2-3-8(15)11(9)14/h2-6,18H,1H3,(H,16,17). The lowest BCUT2D eigenvalue weighted by Gasteiger charge is -2.13. The second kappa shape index (κ2) is 6.51. The van der Waals surface area contributed by atoms with Crippen LogP contribution in [0.1, 0.15) is 0 Å². The number of nitrogens with one attached hydrogen (secondary N) is 2. The summed E-state index contributed by atoms with van der Waals surface area (Å²) in [5, 5.41) is 3.17. The zero-order valence-corrected chi connectivity index (χ0v) is 15.4. The predicted molar refractivity (Wildman–Crippen MR) is 91.4 cm³/mol. The second-order valence-corrected chi connectivity index (χ2v) is 7.72. The largest absolute Gasteiger partial charge is 0.372 e. The molecule has 2 aromatic rings. The summed E-state index contributed by atoms with van der Waals surface area (Å²) < 4.78 is 28.6. The molecule has 1 aromatic carbocycles. The maximum absolute atomic E-state index is 12.5. The van der Waals surface area contributed by atoms with Crippen LogP contribution < -0.4 is 10.0 Å². The first-order valence-corrected chi connectivity index (χ1v) is 9.10. The Kier molecular flexibility index (Phi) is 5.13. The van der Waals surface area contributed by atoms with Crippen molar-refractivity contribution in [3.05, 3.63) is 44.4 Å². The SMILES string of the molecule is CNc1ncc(Br)cc1S(=O)(=O)Nc1cccc(Cl)c1Br. The van der Waals surface area contributed by atoms with Crippen LogP contribution in [0.15, 0.2) is 44.3 Å². The lowest BCUT2D eigenvalue weighted by atomic mass is 10.3. The van der Waals surface area contributed by atoms with Crippen molar-refractivity contribution in [3.63, 3.8) is 0 Å². The van der Waals surface area contributed by atoms with Crippen molar-refractivity contribution in [2.45, 2.75) is 4.90 Å². The summed E-state index contributed by atoms with van der Waals surface area (Å²) in [6.07, 6.45) is 1.51. The Balaban J connectivity index is 2.48. The normalized spacial score (nSPS) is 11.2. The number of sulfonamides is 1. The topological polar surface area (TPSA) is 71.1 Å². The molecule has 0 atom stereocenters. The maximum atomic E-state index is 12.5. The first kappa shape index (κ1) is 16.5. The molecule has 0 saturated carbocycles. The van der Waals surface area contributed by atoms with Gasteiger partial charge in [0.2, 0.25) is 0 Å². The summed E-state index contributed by atoms with van der Waals surface area (Å²) in [5.74, 6) is 0.254. The number of rotatable bonds is 4. The number of hydrogen-bond donors (Lipinski definition) is 2. The van der Waals surface area contributed by atoms with E-state index in [0.717, 1.165) is 0 Å². The third-order valence-electron chi connectivity index (χ3n) is 2.54. The first-order valence-electron chi connectivity index (χ1n) is 5.65. The van der Waals surface area contributed by atoms with E-state index in [-0.39, 0.29) is 10.7 Å². The van der Waals surface area contributed by atoms with Gasteiger partial charge in [-0.15, -0.1) is 0 Å². The monoisotopic (exact) mass is 453 g/mol. The average molecular weight is 456 g/mol. The zero-order valence-electron chi connectivity index (χ0n) is 10.7. The number of halogens is 3. The summed E-state index contributed by atoms with van der Waals surface area (Å²) in [6.45, 7) is 0. The molecular weight excluding hydrogens is 445 g/mol. The van der Waals surface area contributed by atoms with Crippen LogP contribution in [0.25, 0.3) is 0 Å². The summed E-state index contributed by atoms with van der Waals surface area (Å²) in [4.78, 5) is 4.06. The van der Waals surface area contributed by atoms with Crippen LogP contribution in [0.4, 0.5) is 11.5 Å². The van der Waals surface area contributed by atoms with Gasteiger partial charge in [0.05, 0.1) is 15.2 Å². The van der Waals surface area contributed by atoms with Crippen molar-refractivity contribution >= 4 is 65.0 Å². The van der Waals surface area contributed by atoms with E-state index in [1.807, 2.05) is 0 Å². The van der Waals surface area contributed by atoms with E-state index in [1.165, 1.54) is 12.3 Å². The van der Waals surface area contributed by atoms with Gasteiger partial charge in [0.1, 0.15) is 10.7 Å². The quantitative estimate of drug-likeness (QED) is 0.728. The van der Waals surface area contributed by atoms with E-state index in [4.69, 9.17) is 11.6 Å². The molecule has 0 radical (unpaired) electrons. The van der Waals surface area contributed by atoms with Crippen molar-refractivity contribution in [1.29, 1.82) is 0 Å². The highest BCUT2D eigenvalue weighted by molar-refractivity contribution is 9.11. The summed E-state index contributed by atoms with van der Waals surface area (Å²) in [5.41, 5.74) is 0.351. The fourth-order valence-electron chi connectivity index (χ4n) is 1.60. The van der Waals surface area contributed by atoms with Gasteiger partial charge < -0.3 is 5.32 Å². The second-order valence-electron chi connectivity index (χ2n) is 3.96. The van der Waals surface area contributed by atoms with Gasteiger partial charge in [0.15, 0.2) is 0 Å². The zero-order chi connectivity index (χ0) is 15.6. The molecule has 0 unspecified atom stereocenters. The summed E-state index contributed by atoms with van der Waals surface area (Å²) in [7, 11) is -2.21. The number of pyridine rings is 1. The van der Waals surface area contributed by atoms with Gasteiger partial charge >= 0.3 is 0 Å². The molecule has 0 fully saturated rings. The number of hydrogen-bond acceptors (Lipinski definition) is 4. The molecule has 2 rings (SSSR count). The molecule has 21 heavy (non-hydrogen) atoms. The van der Waals surface area contributed by atoms with Crippen LogP contribution >= 0.6 is 43.5 Å². The Hall–Kier alpha value is -0.830. The smallest absolute Gasteiger partial charge is 0.265 e. The minimum Gasteiger partial charge on any atom is -0.372 e. The Morgan fingerprint density at radius 3 is 2.67 bits per heavy atom. The summed E-state index contributed by atoms with van der Waals surface area (Å²) in [6, 6.07) is 6.39. The summed E-state index contributed by atoms with van der Waals surface area (Å²) >= 11 is 12.4. The van der Waals surface area contributed by atoms with E-state index in [0.29, 0.717) is 19.7 Å². The molecule has 0 aliphatic heterocycles. The molecule has 5 nitrogen and oxygen atoms in total. The highest BCUT2D eigenvalue weighted by Gasteiger charge is 2.21. The highest BCUT2D eigenvalue weighted by Crippen LogP contribution is 2.32. The molecule has 9 heteroatoms. The van der Waals surface area contributed by atoms with Gasteiger partial charge in [-0.3, -0.25) is 4.72 Å². The Morgan fingerprint density at radius 2 is 2.00 bits per heavy atom.